The zero-order valence-electron chi connectivity index (χ0n) is 7.75. The Kier molecular flexibility index (Phi) is 1.85. The van der Waals surface area contributed by atoms with Gasteiger partial charge in [-0.1, -0.05) is 17.8 Å². The van der Waals surface area contributed by atoms with E-state index in [4.69, 9.17) is 0 Å². The average Bonchev–Trinajstić information content (AvgIpc) is 2.83. The fourth-order valence-corrected chi connectivity index (χ4v) is 2.35. The first kappa shape index (κ1) is 8.67. The third-order valence-corrected chi connectivity index (χ3v) is 3.19. The normalized spacial score (nSPS) is 16.0. The summed E-state index contributed by atoms with van der Waals surface area (Å²) in [5.41, 5.74) is 1.92. The second-order valence-electron chi connectivity index (χ2n) is 3.19. The Hall–Kier alpha value is -1.62. The minimum Gasteiger partial charge on any atom is -0.272 e. The number of pyridine rings is 1. The summed E-state index contributed by atoms with van der Waals surface area (Å²) in [6, 6.07) is 5.83. The van der Waals surface area contributed by atoms with Gasteiger partial charge in [0, 0.05) is 6.20 Å². The number of hydrogen-bond acceptors (Lipinski definition) is 3. The zero-order chi connectivity index (χ0) is 10.3. The van der Waals surface area contributed by atoms with E-state index in [1.165, 1.54) is 11.8 Å². The summed E-state index contributed by atoms with van der Waals surface area (Å²) in [4.78, 5) is 15.0. The SMILES string of the molecule is O=C1CSC(c2cnn3ccccc23)=N1. The van der Waals surface area contributed by atoms with Crippen LogP contribution in [0.5, 0.6) is 0 Å². The summed E-state index contributed by atoms with van der Waals surface area (Å²) in [5, 5.41) is 4.98. The number of amides is 1. The molecule has 2 aromatic heterocycles. The predicted molar refractivity (Wildman–Crippen MR) is 59.2 cm³/mol. The van der Waals surface area contributed by atoms with Gasteiger partial charge in [0.15, 0.2) is 0 Å². The Morgan fingerprint density at radius 2 is 2.33 bits per heavy atom. The van der Waals surface area contributed by atoms with Gasteiger partial charge in [-0.3, -0.25) is 4.79 Å². The highest BCUT2D eigenvalue weighted by Crippen LogP contribution is 2.22. The van der Waals surface area contributed by atoms with Crippen molar-refractivity contribution in [1.29, 1.82) is 0 Å². The molecule has 4 nitrogen and oxygen atoms in total. The lowest BCUT2D eigenvalue weighted by molar-refractivity contribution is -0.115. The molecule has 2 aromatic rings. The van der Waals surface area contributed by atoms with Crippen molar-refractivity contribution in [3.8, 4) is 0 Å². The highest BCUT2D eigenvalue weighted by molar-refractivity contribution is 8.15. The third kappa shape index (κ3) is 1.35. The molecule has 0 radical (unpaired) electrons. The smallest absolute Gasteiger partial charge is 0.257 e. The minimum atomic E-state index is -0.0646. The molecule has 3 rings (SSSR count). The number of nitrogens with zero attached hydrogens (tertiary/aromatic N) is 3. The van der Waals surface area contributed by atoms with Crippen LogP contribution in [0.1, 0.15) is 5.56 Å². The maximum Gasteiger partial charge on any atom is 0.257 e. The molecule has 0 saturated carbocycles. The van der Waals surface area contributed by atoms with Crippen LogP contribution in [0.4, 0.5) is 0 Å². The second-order valence-corrected chi connectivity index (χ2v) is 4.15. The molecule has 5 heteroatoms. The molecule has 1 amide bonds. The van der Waals surface area contributed by atoms with E-state index in [1.54, 1.807) is 10.7 Å². The number of carbonyl (C=O) groups excluding carboxylic acids is 1. The highest BCUT2D eigenvalue weighted by Gasteiger charge is 2.19. The molecule has 0 N–H and O–H groups in total. The quantitative estimate of drug-likeness (QED) is 0.724. The van der Waals surface area contributed by atoms with Crippen LogP contribution in [0.15, 0.2) is 35.6 Å². The van der Waals surface area contributed by atoms with Gasteiger partial charge < -0.3 is 0 Å². The Labute approximate surface area is 90.0 Å². The van der Waals surface area contributed by atoms with Crippen LogP contribution in [0, 0.1) is 0 Å². The molecule has 0 fully saturated rings. The van der Waals surface area contributed by atoms with E-state index in [-0.39, 0.29) is 5.91 Å². The van der Waals surface area contributed by atoms with E-state index >= 15 is 0 Å². The van der Waals surface area contributed by atoms with Gasteiger partial charge in [0.1, 0.15) is 5.04 Å². The topological polar surface area (TPSA) is 46.7 Å². The van der Waals surface area contributed by atoms with Gasteiger partial charge in [0.2, 0.25) is 0 Å². The van der Waals surface area contributed by atoms with Gasteiger partial charge >= 0.3 is 0 Å². The maximum atomic E-state index is 11.0. The van der Waals surface area contributed by atoms with Crippen LogP contribution in [0.3, 0.4) is 0 Å². The molecule has 0 spiro atoms. The molecule has 74 valence electrons. The number of fused-ring (bicyclic) bond motifs is 1. The van der Waals surface area contributed by atoms with Crippen molar-refractivity contribution in [3.05, 3.63) is 36.2 Å². The van der Waals surface area contributed by atoms with E-state index in [0.29, 0.717) is 5.75 Å². The van der Waals surface area contributed by atoms with E-state index in [0.717, 1.165) is 16.1 Å². The first-order valence-corrected chi connectivity index (χ1v) is 5.50. The first-order valence-electron chi connectivity index (χ1n) is 4.52. The third-order valence-electron chi connectivity index (χ3n) is 2.22. The minimum absolute atomic E-state index is 0.0646. The largest absolute Gasteiger partial charge is 0.272 e. The Morgan fingerprint density at radius 3 is 3.13 bits per heavy atom. The van der Waals surface area contributed by atoms with E-state index < -0.39 is 0 Å². The molecule has 15 heavy (non-hydrogen) atoms. The van der Waals surface area contributed by atoms with Gasteiger partial charge in [-0.15, -0.1) is 0 Å². The number of thioether (sulfide) groups is 1. The van der Waals surface area contributed by atoms with Gasteiger partial charge in [-0.05, 0) is 12.1 Å². The van der Waals surface area contributed by atoms with Crippen molar-refractivity contribution < 1.29 is 4.79 Å². The summed E-state index contributed by atoms with van der Waals surface area (Å²) in [7, 11) is 0. The molecule has 0 aliphatic carbocycles. The maximum absolute atomic E-state index is 11.0. The lowest BCUT2D eigenvalue weighted by atomic mass is 10.3. The number of hydrogen-bond donors (Lipinski definition) is 0. The Bertz CT molecular complexity index is 573. The van der Waals surface area contributed by atoms with E-state index in [9.17, 15) is 4.79 Å². The van der Waals surface area contributed by atoms with Gasteiger partial charge in [0.05, 0.1) is 23.0 Å². The van der Waals surface area contributed by atoms with E-state index in [2.05, 4.69) is 10.1 Å². The van der Waals surface area contributed by atoms with Crippen molar-refractivity contribution in [2.45, 2.75) is 0 Å². The molecule has 0 saturated heterocycles. The van der Waals surface area contributed by atoms with Crippen LogP contribution < -0.4 is 0 Å². The van der Waals surface area contributed by atoms with E-state index in [1.807, 2.05) is 24.4 Å². The van der Waals surface area contributed by atoms with Crippen molar-refractivity contribution >= 4 is 28.2 Å². The number of aliphatic imine (C=N–C) groups is 1. The van der Waals surface area contributed by atoms with Crippen LogP contribution in [-0.4, -0.2) is 26.3 Å². The number of aromatic nitrogens is 2. The van der Waals surface area contributed by atoms with Crippen LogP contribution >= 0.6 is 11.8 Å². The summed E-state index contributed by atoms with van der Waals surface area (Å²) in [5.74, 6) is 0.379. The fourth-order valence-electron chi connectivity index (χ4n) is 1.55. The fraction of sp³-hybridized carbons (Fsp3) is 0.100. The van der Waals surface area contributed by atoms with Crippen LogP contribution in [0.25, 0.3) is 5.52 Å². The van der Waals surface area contributed by atoms with Gasteiger partial charge in [-0.25, -0.2) is 9.51 Å². The molecule has 3 heterocycles. The predicted octanol–water partition coefficient (Wildman–Crippen LogP) is 1.35. The van der Waals surface area contributed by atoms with Crippen molar-refractivity contribution in [1.82, 2.24) is 9.61 Å². The second kappa shape index (κ2) is 3.20. The molecular formula is C10H7N3OS. The summed E-state index contributed by atoms with van der Waals surface area (Å²) >= 11 is 1.47. The summed E-state index contributed by atoms with van der Waals surface area (Å²) < 4.78 is 1.78. The molecule has 0 unspecified atom stereocenters. The lowest BCUT2D eigenvalue weighted by Crippen LogP contribution is -1.91. The Morgan fingerprint density at radius 1 is 1.40 bits per heavy atom. The summed E-state index contributed by atoms with van der Waals surface area (Å²) in [6.45, 7) is 0. The first-order chi connectivity index (χ1) is 7.34. The molecule has 0 bridgehead atoms. The molecule has 0 atom stereocenters. The summed E-state index contributed by atoms with van der Waals surface area (Å²) in [6.07, 6.45) is 3.63. The molecule has 1 aliphatic rings. The lowest BCUT2D eigenvalue weighted by Gasteiger charge is -1.95. The average molecular weight is 217 g/mol. The Balaban J connectivity index is 2.19. The number of rotatable bonds is 1. The van der Waals surface area contributed by atoms with Crippen molar-refractivity contribution in [2.75, 3.05) is 5.75 Å². The van der Waals surface area contributed by atoms with Gasteiger partial charge in [0.25, 0.3) is 5.91 Å². The van der Waals surface area contributed by atoms with Crippen LogP contribution in [-0.2, 0) is 4.79 Å². The van der Waals surface area contributed by atoms with Crippen molar-refractivity contribution in [3.63, 3.8) is 0 Å². The zero-order valence-corrected chi connectivity index (χ0v) is 8.57. The monoisotopic (exact) mass is 217 g/mol. The van der Waals surface area contributed by atoms with Crippen molar-refractivity contribution in [2.24, 2.45) is 4.99 Å². The molecule has 1 aliphatic heterocycles. The standard InChI is InChI=1S/C10H7N3OS/c14-9-6-15-10(12-9)7-5-11-13-4-2-1-3-8(7)13/h1-5H,6H2. The highest BCUT2D eigenvalue weighted by atomic mass is 32.2. The number of carbonyl (C=O) groups is 1. The molecule has 0 aromatic carbocycles. The van der Waals surface area contributed by atoms with Crippen LogP contribution in [0.2, 0.25) is 0 Å². The van der Waals surface area contributed by atoms with Gasteiger partial charge in [-0.2, -0.15) is 5.10 Å². The molecular weight excluding hydrogens is 210 g/mol.